The van der Waals surface area contributed by atoms with Gasteiger partial charge in [0.15, 0.2) is 0 Å². The summed E-state index contributed by atoms with van der Waals surface area (Å²) in [6.45, 7) is 0. The van der Waals surface area contributed by atoms with Crippen molar-refractivity contribution in [3.8, 4) is 0 Å². The van der Waals surface area contributed by atoms with Gasteiger partial charge in [-0.25, -0.2) is 0 Å². The number of hydrogen-bond donors (Lipinski definition) is 1. The Bertz CT molecular complexity index is 473. The van der Waals surface area contributed by atoms with Crippen LogP contribution in [0.4, 0.5) is 0 Å². The second kappa shape index (κ2) is 6.25. The van der Waals surface area contributed by atoms with Crippen LogP contribution in [0.15, 0.2) is 22.7 Å². The van der Waals surface area contributed by atoms with Crippen molar-refractivity contribution in [3.63, 3.8) is 0 Å². The van der Waals surface area contributed by atoms with E-state index in [4.69, 9.17) is 17.3 Å². The molecule has 2 rings (SSSR count). The minimum Gasteiger partial charge on any atom is -0.339 e. The van der Waals surface area contributed by atoms with Gasteiger partial charge >= 0.3 is 0 Å². The molecule has 1 aliphatic rings. The summed E-state index contributed by atoms with van der Waals surface area (Å²) in [5.41, 5.74) is 6.45. The van der Waals surface area contributed by atoms with Crippen molar-refractivity contribution in [1.82, 2.24) is 4.90 Å². The van der Waals surface area contributed by atoms with Gasteiger partial charge < -0.3 is 10.6 Å². The molecule has 0 bridgehead atoms. The Morgan fingerprint density at radius 3 is 2.58 bits per heavy atom. The van der Waals surface area contributed by atoms with Crippen LogP contribution in [0, 0.1) is 0 Å². The van der Waals surface area contributed by atoms with E-state index < -0.39 is 0 Å². The van der Waals surface area contributed by atoms with Crippen molar-refractivity contribution < 1.29 is 4.79 Å². The number of carbonyl (C=O) groups excluding carboxylic acids is 1. The zero-order valence-corrected chi connectivity index (χ0v) is 13.2. The molecule has 0 spiro atoms. The second-order valence-corrected chi connectivity index (χ2v) is 6.43. The molecule has 1 amide bonds. The average Bonchev–Trinajstić information content (AvgIpc) is 2.38. The fourth-order valence-corrected chi connectivity index (χ4v) is 3.26. The zero-order valence-electron chi connectivity index (χ0n) is 10.9. The topological polar surface area (TPSA) is 46.3 Å². The summed E-state index contributed by atoms with van der Waals surface area (Å²) in [4.78, 5) is 14.3. The highest BCUT2D eigenvalue weighted by atomic mass is 79.9. The van der Waals surface area contributed by atoms with E-state index in [1.54, 1.807) is 17.0 Å². The lowest BCUT2D eigenvalue weighted by molar-refractivity contribution is 0.0690. The molecule has 0 unspecified atom stereocenters. The quantitative estimate of drug-likeness (QED) is 0.892. The van der Waals surface area contributed by atoms with Gasteiger partial charge in [0.1, 0.15) is 0 Å². The van der Waals surface area contributed by atoms with Crippen LogP contribution in [-0.4, -0.2) is 29.9 Å². The van der Waals surface area contributed by atoms with E-state index in [1.807, 2.05) is 13.1 Å². The van der Waals surface area contributed by atoms with Gasteiger partial charge in [-0.3, -0.25) is 4.79 Å². The molecular weight excluding hydrogens is 328 g/mol. The molecule has 1 aliphatic carbocycles. The van der Waals surface area contributed by atoms with E-state index in [0.717, 1.165) is 30.2 Å². The Morgan fingerprint density at radius 2 is 2.00 bits per heavy atom. The molecule has 1 aromatic rings. The van der Waals surface area contributed by atoms with Gasteiger partial charge in [0.05, 0.1) is 10.6 Å². The van der Waals surface area contributed by atoms with E-state index in [0.29, 0.717) is 10.6 Å². The van der Waals surface area contributed by atoms with Gasteiger partial charge in [-0.2, -0.15) is 0 Å². The Balaban J connectivity index is 2.10. The highest BCUT2D eigenvalue weighted by Crippen LogP contribution is 2.26. The number of rotatable bonds is 2. The van der Waals surface area contributed by atoms with E-state index >= 15 is 0 Å². The monoisotopic (exact) mass is 344 g/mol. The van der Waals surface area contributed by atoms with Gasteiger partial charge in [0, 0.05) is 23.6 Å². The summed E-state index contributed by atoms with van der Waals surface area (Å²) in [5.74, 6) is -0.0158. The molecule has 0 aromatic heterocycles. The third-order valence-corrected chi connectivity index (χ3v) is 4.58. The second-order valence-electron chi connectivity index (χ2n) is 5.11. The lowest BCUT2D eigenvalue weighted by Gasteiger charge is -2.33. The summed E-state index contributed by atoms with van der Waals surface area (Å²) in [7, 11) is 1.85. The Kier molecular flexibility index (Phi) is 4.87. The number of amides is 1. The standard InChI is InChI=1S/C14H18BrClN2O/c1-18(11-5-3-10(17)4-6-11)14(19)12-7-2-9(15)8-13(12)16/h2,7-8,10-11H,3-6,17H2,1H3. The maximum Gasteiger partial charge on any atom is 0.255 e. The number of nitrogens with zero attached hydrogens (tertiary/aromatic N) is 1. The SMILES string of the molecule is CN(C(=O)c1ccc(Br)cc1Cl)C1CCC(N)CC1. The van der Waals surface area contributed by atoms with Crippen LogP contribution in [0.1, 0.15) is 36.0 Å². The molecule has 1 saturated carbocycles. The fourth-order valence-electron chi connectivity index (χ4n) is 2.51. The summed E-state index contributed by atoms with van der Waals surface area (Å²) >= 11 is 9.48. The molecule has 0 atom stereocenters. The molecule has 104 valence electrons. The number of benzene rings is 1. The molecule has 3 nitrogen and oxygen atoms in total. The van der Waals surface area contributed by atoms with Gasteiger partial charge in [0.2, 0.25) is 0 Å². The first-order valence-corrected chi connectivity index (χ1v) is 7.64. The van der Waals surface area contributed by atoms with Crippen molar-refractivity contribution in [2.75, 3.05) is 7.05 Å². The first kappa shape index (κ1) is 14.8. The largest absolute Gasteiger partial charge is 0.339 e. The first-order chi connectivity index (χ1) is 8.99. The van der Waals surface area contributed by atoms with Gasteiger partial charge in [-0.05, 0) is 43.9 Å². The third-order valence-electron chi connectivity index (χ3n) is 3.77. The van der Waals surface area contributed by atoms with Crippen LogP contribution in [0.5, 0.6) is 0 Å². The highest BCUT2D eigenvalue weighted by Gasteiger charge is 2.26. The molecule has 1 fully saturated rings. The fraction of sp³-hybridized carbons (Fsp3) is 0.500. The van der Waals surface area contributed by atoms with Crippen molar-refractivity contribution in [2.24, 2.45) is 5.73 Å². The highest BCUT2D eigenvalue weighted by molar-refractivity contribution is 9.10. The average molecular weight is 346 g/mol. The van der Waals surface area contributed by atoms with Gasteiger partial charge in [-0.1, -0.05) is 27.5 Å². The maximum absolute atomic E-state index is 12.5. The smallest absolute Gasteiger partial charge is 0.255 e. The molecule has 5 heteroatoms. The summed E-state index contributed by atoms with van der Waals surface area (Å²) in [5, 5.41) is 0.485. The minimum absolute atomic E-state index is 0.0158. The lowest BCUT2D eigenvalue weighted by Crippen LogP contribution is -2.41. The first-order valence-electron chi connectivity index (χ1n) is 6.47. The Hall–Kier alpha value is -0.580. The van der Waals surface area contributed by atoms with Crippen LogP contribution >= 0.6 is 27.5 Å². The van der Waals surface area contributed by atoms with Crippen molar-refractivity contribution >= 4 is 33.4 Å². The van der Waals surface area contributed by atoms with Crippen LogP contribution in [0.3, 0.4) is 0 Å². The number of halogens is 2. The number of carbonyl (C=O) groups is 1. The molecule has 0 heterocycles. The van der Waals surface area contributed by atoms with Crippen LogP contribution < -0.4 is 5.73 Å². The van der Waals surface area contributed by atoms with Crippen LogP contribution in [0.25, 0.3) is 0 Å². The van der Waals surface area contributed by atoms with Crippen LogP contribution in [0.2, 0.25) is 5.02 Å². The molecule has 19 heavy (non-hydrogen) atoms. The van der Waals surface area contributed by atoms with Gasteiger partial charge in [-0.15, -0.1) is 0 Å². The molecule has 2 N–H and O–H groups in total. The third kappa shape index (κ3) is 3.50. The zero-order chi connectivity index (χ0) is 14.0. The molecule has 0 radical (unpaired) electrons. The predicted molar refractivity (Wildman–Crippen MR) is 81.5 cm³/mol. The van der Waals surface area contributed by atoms with E-state index in [-0.39, 0.29) is 18.0 Å². The maximum atomic E-state index is 12.5. The number of hydrogen-bond acceptors (Lipinski definition) is 2. The van der Waals surface area contributed by atoms with Crippen molar-refractivity contribution in [3.05, 3.63) is 33.3 Å². The van der Waals surface area contributed by atoms with Crippen LogP contribution in [-0.2, 0) is 0 Å². The summed E-state index contributed by atoms with van der Waals surface area (Å²) < 4.78 is 0.875. The summed E-state index contributed by atoms with van der Waals surface area (Å²) in [6.07, 6.45) is 3.90. The van der Waals surface area contributed by atoms with E-state index in [9.17, 15) is 4.79 Å². The Labute approximate surface area is 127 Å². The van der Waals surface area contributed by atoms with E-state index in [2.05, 4.69) is 15.9 Å². The summed E-state index contributed by atoms with van der Waals surface area (Å²) in [6, 6.07) is 5.91. The van der Waals surface area contributed by atoms with E-state index in [1.165, 1.54) is 0 Å². The molecule has 1 aromatic carbocycles. The van der Waals surface area contributed by atoms with Gasteiger partial charge in [0.25, 0.3) is 5.91 Å². The van der Waals surface area contributed by atoms with Crippen molar-refractivity contribution in [2.45, 2.75) is 37.8 Å². The van der Waals surface area contributed by atoms with Crippen molar-refractivity contribution in [1.29, 1.82) is 0 Å². The molecule has 0 saturated heterocycles. The predicted octanol–water partition coefficient (Wildman–Crippen LogP) is 3.44. The molecular formula is C14H18BrClN2O. The normalized spacial score (nSPS) is 23.2. The Morgan fingerprint density at radius 1 is 1.37 bits per heavy atom. The minimum atomic E-state index is -0.0158. The lowest BCUT2D eigenvalue weighted by atomic mass is 9.90. The number of nitrogens with two attached hydrogens (primary N) is 1. The molecule has 0 aliphatic heterocycles.